The van der Waals surface area contributed by atoms with E-state index in [1.165, 1.54) is 7.41 Å². The molecule has 2 aromatic heterocycles. The Hall–Kier alpha value is -3.86. The van der Waals surface area contributed by atoms with Gasteiger partial charge < -0.3 is 28.8 Å². The van der Waals surface area contributed by atoms with Crippen molar-refractivity contribution in [3.63, 3.8) is 0 Å². The summed E-state index contributed by atoms with van der Waals surface area (Å²) >= 11 is 0. The van der Waals surface area contributed by atoms with Gasteiger partial charge in [0, 0.05) is 55.1 Å². The highest BCUT2D eigenvalue weighted by Crippen LogP contribution is 2.46. The van der Waals surface area contributed by atoms with Gasteiger partial charge in [-0.05, 0) is 54.7 Å². The maximum Gasteiger partial charge on any atom is 0.329 e. The van der Waals surface area contributed by atoms with Crippen molar-refractivity contribution in [2.75, 3.05) is 43.6 Å². The molecular weight excluding hydrogens is 585 g/mol. The third-order valence-corrected chi connectivity index (χ3v) is 13.7. The summed E-state index contributed by atoms with van der Waals surface area (Å²) in [4.78, 5) is 31.9. The average molecular weight is 627 g/mol. The van der Waals surface area contributed by atoms with E-state index < -0.39 is 13.7 Å². The van der Waals surface area contributed by atoms with Gasteiger partial charge in [0.05, 0.1) is 24.6 Å². The molecule has 1 saturated heterocycles. The van der Waals surface area contributed by atoms with Crippen LogP contribution in [0.5, 0.6) is 5.88 Å². The number of rotatable bonds is 10. The third-order valence-electron chi connectivity index (χ3n) is 9.24. The van der Waals surface area contributed by atoms with Crippen LogP contribution in [0.25, 0.3) is 11.3 Å². The Bertz CT molecular complexity index is 1600. The highest BCUT2D eigenvalue weighted by molar-refractivity contribution is 6.74. The van der Waals surface area contributed by atoms with Gasteiger partial charge in [-0.25, -0.2) is 15.0 Å². The summed E-state index contributed by atoms with van der Waals surface area (Å²) in [5.74, 6) is 1.72. The molecule has 0 unspecified atom stereocenters. The Morgan fingerprint density at radius 1 is 1.24 bits per heavy atom. The monoisotopic (exact) mass is 626 g/mol. The molecule has 1 aromatic carbocycles. The van der Waals surface area contributed by atoms with Gasteiger partial charge in [-0.15, -0.1) is 0 Å². The lowest BCUT2D eigenvalue weighted by Crippen LogP contribution is -2.46. The molecule has 0 aliphatic carbocycles. The van der Waals surface area contributed by atoms with Gasteiger partial charge in [-0.1, -0.05) is 27.7 Å². The van der Waals surface area contributed by atoms with Gasteiger partial charge in [0.15, 0.2) is 8.32 Å². The molecule has 1 atom stereocenters. The van der Waals surface area contributed by atoms with Gasteiger partial charge in [0.1, 0.15) is 23.8 Å². The van der Waals surface area contributed by atoms with Crippen molar-refractivity contribution in [3.8, 4) is 23.2 Å². The predicted molar refractivity (Wildman–Crippen MR) is 177 cm³/mol. The topological polar surface area (TPSA) is 135 Å². The Kier molecular flexibility index (Phi) is 9.30. The number of methoxy groups -OCH3 is 1. The number of carbonyl (C=O) groups excluding carboxylic acids is 1. The molecule has 2 aliphatic rings. The van der Waals surface area contributed by atoms with Crippen LogP contribution in [-0.4, -0.2) is 75.3 Å². The molecule has 1 fully saturated rings. The van der Waals surface area contributed by atoms with Gasteiger partial charge in [-0.2, -0.15) is 10.2 Å². The van der Waals surface area contributed by atoms with Crippen molar-refractivity contribution in [1.29, 1.82) is 5.26 Å². The van der Waals surface area contributed by atoms with E-state index in [2.05, 4.69) is 73.2 Å². The minimum absolute atomic E-state index is 0.0439. The quantitative estimate of drug-likeness (QED) is 0.230. The van der Waals surface area contributed by atoms with Crippen LogP contribution >= 0.6 is 0 Å². The second-order valence-corrected chi connectivity index (χ2v) is 18.3. The van der Waals surface area contributed by atoms with Crippen LogP contribution in [-0.2, 0) is 19.4 Å². The second-order valence-electron chi connectivity index (χ2n) is 13.5. The molecule has 3 aromatic rings. The number of nitrogens with zero attached hydrogens (tertiary/aromatic N) is 6. The number of nitrogens with one attached hydrogen (secondary N) is 1. The van der Waals surface area contributed by atoms with Crippen LogP contribution in [0.15, 0.2) is 30.6 Å². The minimum Gasteiger partial charge on any atom is -0.479 e. The smallest absolute Gasteiger partial charge is 0.329 e. The molecule has 0 bridgehead atoms. The number of benzene rings is 1. The van der Waals surface area contributed by atoms with Crippen LogP contribution in [0.1, 0.15) is 63.4 Å². The maximum atomic E-state index is 11.6. The summed E-state index contributed by atoms with van der Waals surface area (Å²) < 4.78 is 17.8. The van der Waals surface area contributed by atoms with E-state index in [0.717, 1.165) is 41.7 Å². The van der Waals surface area contributed by atoms with Crippen LogP contribution < -0.4 is 14.9 Å². The number of fused-ring (bicyclic) bond motifs is 1. The van der Waals surface area contributed by atoms with Crippen molar-refractivity contribution in [2.45, 2.75) is 70.0 Å². The molecule has 11 nitrogen and oxygen atoms in total. The number of ether oxygens (including phenoxy) is 2. The standard InChI is InChI=1S/C32H41BN7O4Si/c1-31(2,3)45(6,7)44-19-32(4)18-40(33-20-41)27-23(16-34)14-22(15-24(27)32)25-8-11-35-30(37-25)38-26-17-36-28(39-29(26)42-5)21-9-12-43-13-10-21/h8,11,14-15,17,20-21H,9-10,12-13,18-19H2,1-7H3,(H,35,37,38)/t32-/m1/s1. The van der Waals surface area contributed by atoms with Gasteiger partial charge in [0.2, 0.25) is 11.8 Å². The van der Waals surface area contributed by atoms with Crippen LogP contribution in [0.3, 0.4) is 0 Å². The molecule has 0 amide bonds. The van der Waals surface area contributed by atoms with Crippen molar-refractivity contribution < 1.29 is 18.7 Å². The molecule has 0 spiro atoms. The van der Waals surface area contributed by atoms with E-state index in [4.69, 9.17) is 18.9 Å². The number of anilines is 3. The van der Waals surface area contributed by atoms with Crippen molar-refractivity contribution >= 4 is 39.2 Å². The number of nitriles is 1. The van der Waals surface area contributed by atoms with Crippen LogP contribution in [0.4, 0.5) is 17.3 Å². The summed E-state index contributed by atoms with van der Waals surface area (Å²) in [6, 6.07) is 8.03. The van der Waals surface area contributed by atoms with Gasteiger partial charge >= 0.3 is 7.41 Å². The molecule has 4 heterocycles. The van der Waals surface area contributed by atoms with Gasteiger partial charge in [-0.3, -0.25) is 0 Å². The fraction of sp³-hybridized carbons (Fsp3) is 0.500. The summed E-state index contributed by atoms with van der Waals surface area (Å²) in [7, 11) is 1.00. The first kappa shape index (κ1) is 32.5. The first-order chi connectivity index (χ1) is 21.4. The predicted octanol–water partition coefficient (Wildman–Crippen LogP) is 5.36. The molecule has 235 valence electrons. The van der Waals surface area contributed by atoms with E-state index in [9.17, 15) is 10.1 Å². The largest absolute Gasteiger partial charge is 0.479 e. The van der Waals surface area contributed by atoms with E-state index in [1.807, 2.05) is 16.9 Å². The van der Waals surface area contributed by atoms with E-state index in [-0.39, 0.29) is 11.0 Å². The zero-order valence-corrected chi connectivity index (χ0v) is 28.2. The van der Waals surface area contributed by atoms with Crippen molar-refractivity contribution in [1.82, 2.24) is 19.9 Å². The lowest BCUT2D eigenvalue weighted by atomic mass is 9.83. The molecule has 1 radical (unpaired) electrons. The minimum atomic E-state index is -2.07. The average Bonchev–Trinajstić information content (AvgIpc) is 3.31. The summed E-state index contributed by atoms with van der Waals surface area (Å²) in [5.41, 5.74) is 3.62. The lowest BCUT2D eigenvalue weighted by Gasteiger charge is -2.39. The fourth-order valence-electron chi connectivity index (χ4n) is 5.53. The number of hydrogen-bond donors (Lipinski definition) is 1. The molecule has 5 rings (SSSR count). The van der Waals surface area contributed by atoms with Crippen molar-refractivity contribution in [3.05, 3.63) is 47.5 Å². The van der Waals surface area contributed by atoms with E-state index in [1.54, 1.807) is 19.5 Å². The van der Waals surface area contributed by atoms with E-state index in [0.29, 0.717) is 55.1 Å². The zero-order valence-electron chi connectivity index (χ0n) is 27.2. The molecule has 1 N–H and O–H groups in total. The van der Waals surface area contributed by atoms with E-state index >= 15 is 0 Å². The Balaban J connectivity index is 1.47. The summed E-state index contributed by atoms with van der Waals surface area (Å²) in [5, 5.41) is 13.5. The molecular formula is C32H41BN7O4Si. The summed E-state index contributed by atoms with van der Waals surface area (Å²) in [6.07, 6.45) is 5.87. The number of hydrogen-bond acceptors (Lipinski definition) is 11. The Labute approximate surface area is 267 Å². The first-order valence-electron chi connectivity index (χ1n) is 15.3. The highest BCUT2D eigenvalue weighted by Gasteiger charge is 2.44. The first-order valence-corrected chi connectivity index (χ1v) is 18.2. The molecule has 0 saturated carbocycles. The normalized spacial score (nSPS) is 18.7. The zero-order chi connectivity index (χ0) is 32.4. The Morgan fingerprint density at radius 2 is 2.00 bits per heavy atom. The van der Waals surface area contributed by atoms with Gasteiger partial charge in [0.25, 0.3) is 0 Å². The van der Waals surface area contributed by atoms with Crippen LogP contribution in [0, 0.1) is 11.3 Å². The molecule has 13 heteroatoms. The lowest BCUT2D eigenvalue weighted by molar-refractivity contribution is 0.0834. The summed E-state index contributed by atoms with van der Waals surface area (Å²) in [6.45, 7) is 15.6. The second kappa shape index (κ2) is 12.9. The number of aromatic nitrogens is 4. The molecule has 2 aliphatic heterocycles. The maximum absolute atomic E-state index is 11.6. The third kappa shape index (κ3) is 6.73. The fourth-order valence-corrected chi connectivity index (χ4v) is 6.64. The molecule has 45 heavy (non-hydrogen) atoms. The van der Waals surface area contributed by atoms with Crippen LogP contribution in [0.2, 0.25) is 18.1 Å². The SMILES string of the molecule is COc1nc(C2CCOCC2)ncc1Nc1nccc(-c2cc(C#N)c3c(c2)[C@@](C)(CO[Si](C)(C)C(C)(C)C)CN3[B]C=O)n1. The highest BCUT2D eigenvalue weighted by atomic mass is 28.4. The Morgan fingerprint density at radius 3 is 2.67 bits per heavy atom. The van der Waals surface area contributed by atoms with Crippen molar-refractivity contribution in [2.24, 2.45) is 0 Å². The number of carbonyl (C=O) groups is 1.